The minimum atomic E-state index is -0.0781. The number of nitrogens with one attached hydrogen (secondary N) is 2. The van der Waals surface area contributed by atoms with Crippen LogP contribution in [0, 0.1) is 0 Å². The van der Waals surface area contributed by atoms with Crippen LogP contribution >= 0.6 is 0 Å². The summed E-state index contributed by atoms with van der Waals surface area (Å²) >= 11 is 0. The lowest BCUT2D eigenvalue weighted by molar-refractivity contribution is -0.135. The number of amides is 2. The van der Waals surface area contributed by atoms with E-state index < -0.39 is 0 Å². The standard InChI is InChI=1S/C23H36N6O2/c1-19(22(31)28-12-6-7-13-28)27-14-16-29(17-15-27)23(24-2)26-18-21(30)25-11-10-20-8-4-3-5-9-20/h3-5,8-9,19H,6-7,10-18H2,1-2H3,(H,24,26)(H,25,30). The van der Waals surface area contributed by atoms with E-state index in [1.165, 1.54) is 5.56 Å². The van der Waals surface area contributed by atoms with Crippen LogP contribution in [0.3, 0.4) is 0 Å². The smallest absolute Gasteiger partial charge is 0.239 e. The van der Waals surface area contributed by atoms with Gasteiger partial charge in [-0.25, -0.2) is 0 Å². The van der Waals surface area contributed by atoms with Gasteiger partial charge in [0.2, 0.25) is 11.8 Å². The average Bonchev–Trinajstić information content (AvgIpc) is 3.35. The van der Waals surface area contributed by atoms with Gasteiger partial charge in [0.15, 0.2) is 5.96 Å². The van der Waals surface area contributed by atoms with E-state index in [2.05, 4.69) is 37.6 Å². The van der Waals surface area contributed by atoms with E-state index in [0.717, 1.165) is 64.5 Å². The second-order valence-electron chi connectivity index (χ2n) is 8.22. The van der Waals surface area contributed by atoms with E-state index in [-0.39, 0.29) is 24.4 Å². The van der Waals surface area contributed by atoms with Crippen molar-refractivity contribution in [2.45, 2.75) is 32.2 Å². The molecule has 0 saturated carbocycles. The Bertz CT molecular complexity index is 740. The van der Waals surface area contributed by atoms with E-state index >= 15 is 0 Å². The van der Waals surface area contributed by atoms with Crippen molar-refractivity contribution >= 4 is 17.8 Å². The summed E-state index contributed by atoms with van der Waals surface area (Å²) in [6.07, 6.45) is 3.06. The van der Waals surface area contributed by atoms with Crippen molar-refractivity contribution in [2.24, 2.45) is 4.99 Å². The number of nitrogens with zero attached hydrogens (tertiary/aromatic N) is 4. The molecule has 2 N–H and O–H groups in total. The Kier molecular flexibility index (Phi) is 8.70. The Labute approximate surface area is 185 Å². The van der Waals surface area contributed by atoms with Crippen LogP contribution in [-0.2, 0) is 16.0 Å². The minimum absolute atomic E-state index is 0.0412. The summed E-state index contributed by atoms with van der Waals surface area (Å²) in [5, 5.41) is 6.12. The molecule has 2 aliphatic rings. The second-order valence-corrected chi connectivity index (χ2v) is 8.22. The van der Waals surface area contributed by atoms with Gasteiger partial charge in [-0.05, 0) is 31.7 Å². The van der Waals surface area contributed by atoms with Crippen molar-refractivity contribution in [2.75, 3.05) is 59.4 Å². The monoisotopic (exact) mass is 428 g/mol. The molecule has 0 aromatic heterocycles. The zero-order valence-electron chi connectivity index (χ0n) is 18.8. The highest BCUT2D eigenvalue weighted by Gasteiger charge is 2.30. The molecule has 8 heteroatoms. The van der Waals surface area contributed by atoms with Crippen LogP contribution in [0.25, 0.3) is 0 Å². The Morgan fingerprint density at radius 1 is 0.968 bits per heavy atom. The first kappa shape index (κ1) is 23.1. The van der Waals surface area contributed by atoms with Crippen molar-refractivity contribution < 1.29 is 9.59 Å². The fourth-order valence-electron chi connectivity index (χ4n) is 4.22. The van der Waals surface area contributed by atoms with Crippen molar-refractivity contribution in [1.29, 1.82) is 0 Å². The summed E-state index contributed by atoms with van der Waals surface area (Å²) in [4.78, 5) is 35.6. The van der Waals surface area contributed by atoms with Gasteiger partial charge in [-0.2, -0.15) is 0 Å². The van der Waals surface area contributed by atoms with Crippen LogP contribution in [0.1, 0.15) is 25.3 Å². The molecule has 2 aliphatic heterocycles. The average molecular weight is 429 g/mol. The summed E-state index contributed by atoms with van der Waals surface area (Å²) in [6.45, 7) is 7.81. The molecule has 0 bridgehead atoms. The molecular formula is C23H36N6O2. The molecule has 3 rings (SSSR count). The number of guanidine groups is 1. The van der Waals surface area contributed by atoms with Gasteiger partial charge in [0.05, 0.1) is 12.6 Å². The first-order valence-electron chi connectivity index (χ1n) is 11.4. The van der Waals surface area contributed by atoms with E-state index in [9.17, 15) is 9.59 Å². The summed E-state index contributed by atoms with van der Waals surface area (Å²) < 4.78 is 0. The molecule has 2 saturated heterocycles. The predicted molar refractivity (Wildman–Crippen MR) is 123 cm³/mol. The molecule has 1 aromatic carbocycles. The number of aliphatic imine (C=N–C) groups is 1. The highest BCUT2D eigenvalue weighted by Crippen LogP contribution is 2.14. The molecule has 2 heterocycles. The van der Waals surface area contributed by atoms with Gasteiger partial charge < -0.3 is 20.4 Å². The normalized spacial score (nSPS) is 18.7. The van der Waals surface area contributed by atoms with Crippen LogP contribution in [-0.4, -0.2) is 97.9 Å². The van der Waals surface area contributed by atoms with Crippen molar-refractivity contribution in [3.8, 4) is 0 Å². The molecule has 1 aromatic rings. The van der Waals surface area contributed by atoms with Crippen molar-refractivity contribution in [3.63, 3.8) is 0 Å². The molecule has 8 nitrogen and oxygen atoms in total. The molecule has 2 fully saturated rings. The van der Waals surface area contributed by atoms with E-state index in [0.29, 0.717) is 6.54 Å². The molecular weight excluding hydrogens is 392 g/mol. The highest BCUT2D eigenvalue weighted by atomic mass is 16.2. The molecule has 0 radical (unpaired) electrons. The lowest BCUT2D eigenvalue weighted by atomic mass is 10.1. The summed E-state index contributed by atoms with van der Waals surface area (Å²) in [7, 11) is 1.74. The molecule has 1 atom stereocenters. The Balaban J connectivity index is 1.36. The van der Waals surface area contributed by atoms with Crippen molar-refractivity contribution in [3.05, 3.63) is 35.9 Å². The maximum Gasteiger partial charge on any atom is 0.239 e. The fraction of sp³-hybridized carbons (Fsp3) is 0.609. The van der Waals surface area contributed by atoms with Crippen LogP contribution in [0.15, 0.2) is 35.3 Å². The Morgan fingerprint density at radius 3 is 2.29 bits per heavy atom. The maximum absolute atomic E-state index is 12.7. The third kappa shape index (κ3) is 6.69. The summed E-state index contributed by atoms with van der Waals surface area (Å²) in [6, 6.07) is 10.0. The third-order valence-electron chi connectivity index (χ3n) is 6.13. The van der Waals surface area contributed by atoms with Crippen LogP contribution in [0.5, 0.6) is 0 Å². The summed E-state index contributed by atoms with van der Waals surface area (Å²) in [5.41, 5.74) is 1.21. The quantitative estimate of drug-likeness (QED) is 0.490. The molecule has 0 aliphatic carbocycles. The number of likely N-dealkylation sites (tertiary alicyclic amines) is 1. The Hall–Kier alpha value is -2.61. The SMILES string of the molecule is CN=C(NCC(=O)NCCc1ccccc1)N1CCN(C(C)C(=O)N2CCCC2)CC1. The number of carbonyl (C=O) groups excluding carboxylic acids is 2. The number of piperazine rings is 1. The van der Waals surface area contributed by atoms with E-state index in [1.54, 1.807) is 7.05 Å². The van der Waals surface area contributed by atoms with Gasteiger partial charge in [-0.15, -0.1) is 0 Å². The molecule has 0 spiro atoms. The van der Waals surface area contributed by atoms with Gasteiger partial charge in [0, 0.05) is 52.9 Å². The van der Waals surface area contributed by atoms with Gasteiger partial charge >= 0.3 is 0 Å². The number of hydrogen-bond acceptors (Lipinski definition) is 4. The molecule has 1 unspecified atom stereocenters. The predicted octanol–water partition coefficient (Wildman–Crippen LogP) is 0.549. The third-order valence-corrected chi connectivity index (χ3v) is 6.13. The number of rotatable bonds is 7. The number of carbonyl (C=O) groups is 2. The van der Waals surface area contributed by atoms with E-state index in [4.69, 9.17) is 0 Å². The second kappa shape index (κ2) is 11.7. The van der Waals surface area contributed by atoms with Gasteiger partial charge in [0.1, 0.15) is 0 Å². The Morgan fingerprint density at radius 2 is 1.65 bits per heavy atom. The van der Waals surface area contributed by atoms with Crippen molar-refractivity contribution in [1.82, 2.24) is 25.3 Å². The zero-order chi connectivity index (χ0) is 22.1. The zero-order valence-corrected chi connectivity index (χ0v) is 18.8. The van der Waals surface area contributed by atoms with Gasteiger partial charge in [-0.3, -0.25) is 19.5 Å². The van der Waals surface area contributed by atoms with E-state index in [1.807, 2.05) is 30.0 Å². The molecule has 2 amide bonds. The lowest BCUT2D eigenvalue weighted by Gasteiger charge is -2.39. The largest absolute Gasteiger partial charge is 0.354 e. The number of benzene rings is 1. The van der Waals surface area contributed by atoms with Crippen LogP contribution < -0.4 is 10.6 Å². The van der Waals surface area contributed by atoms with Crippen LogP contribution in [0.4, 0.5) is 0 Å². The molecule has 31 heavy (non-hydrogen) atoms. The maximum atomic E-state index is 12.7. The topological polar surface area (TPSA) is 80.3 Å². The minimum Gasteiger partial charge on any atom is -0.354 e. The molecule has 170 valence electrons. The lowest BCUT2D eigenvalue weighted by Crippen LogP contribution is -2.57. The number of hydrogen-bond donors (Lipinski definition) is 2. The first-order chi connectivity index (χ1) is 15.1. The van der Waals surface area contributed by atoms with Gasteiger partial charge in [0.25, 0.3) is 0 Å². The van der Waals surface area contributed by atoms with Crippen LogP contribution in [0.2, 0.25) is 0 Å². The highest BCUT2D eigenvalue weighted by molar-refractivity contribution is 5.86. The van der Waals surface area contributed by atoms with Gasteiger partial charge in [-0.1, -0.05) is 30.3 Å². The summed E-state index contributed by atoms with van der Waals surface area (Å²) in [5.74, 6) is 0.942. The first-order valence-corrected chi connectivity index (χ1v) is 11.4. The fourth-order valence-corrected chi connectivity index (χ4v) is 4.22.